The Morgan fingerprint density at radius 3 is 2.57 bits per heavy atom. The number of hydrogen-bond donors (Lipinski definition) is 2. The average Bonchev–Trinajstić information content (AvgIpc) is 2.57. The summed E-state index contributed by atoms with van der Waals surface area (Å²) in [7, 11) is 0. The van der Waals surface area contributed by atoms with Gasteiger partial charge in [0, 0.05) is 6.54 Å². The van der Waals surface area contributed by atoms with Gasteiger partial charge in [0.2, 0.25) is 0 Å². The highest BCUT2D eigenvalue weighted by molar-refractivity contribution is 4.90. The van der Waals surface area contributed by atoms with Gasteiger partial charge >= 0.3 is 0 Å². The smallest absolute Gasteiger partial charge is 0.0786 e. The number of β-amino-alcohol motifs (C(OH)–C–C–N with tert-alkyl or cyclic N) is 1. The highest BCUT2D eigenvalue weighted by Gasteiger charge is 2.34. The minimum atomic E-state index is -0.370. The molecule has 1 saturated heterocycles. The molecule has 1 unspecified atom stereocenters. The van der Waals surface area contributed by atoms with E-state index in [9.17, 15) is 5.11 Å². The number of hydrogen-bond acceptors (Lipinski definition) is 2. The molecule has 1 aliphatic carbocycles. The summed E-state index contributed by atoms with van der Waals surface area (Å²) in [6.07, 6.45) is 7.40. The van der Waals surface area contributed by atoms with Crippen LogP contribution in [0.2, 0.25) is 0 Å². The van der Waals surface area contributed by atoms with Gasteiger partial charge in [-0.05, 0) is 31.2 Å². The molecule has 2 aliphatic rings. The van der Waals surface area contributed by atoms with Crippen LogP contribution >= 0.6 is 0 Å². The molecule has 14 heavy (non-hydrogen) atoms. The van der Waals surface area contributed by atoms with Gasteiger partial charge in [0.15, 0.2) is 0 Å². The fourth-order valence-electron chi connectivity index (χ4n) is 2.98. The van der Waals surface area contributed by atoms with Crippen LogP contribution in [0.25, 0.3) is 0 Å². The standard InChI is InChI=1S/C12H23NO/c1-10-2-4-11(5-3-10)8-12(14)6-7-13-9-12/h10-11,13-14H,2-9H2,1H3. The van der Waals surface area contributed by atoms with E-state index in [1.807, 2.05) is 0 Å². The first-order chi connectivity index (χ1) is 6.68. The molecule has 1 heterocycles. The van der Waals surface area contributed by atoms with E-state index in [1.165, 1.54) is 25.7 Å². The first-order valence-corrected chi connectivity index (χ1v) is 6.11. The second kappa shape index (κ2) is 4.19. The van der Waals surface area contributed by atoms with Crippen LogP contribution in [0.4, 0.5) is 0 Å². The Morgan fingerprint density at radius 1 is 1.29 bits per heavy atom. The Hall–Kier alpha value is -0.0800. The maximum atomic E-state index is 10.2. The van der Waals surface area contributed by atoms with E-state index in [0.29, 0.717) is 0 Å². The molecule has 0 aromatic heterocycles. The second-order valence-corrected chi connectivity index (χ2v) is 5.48. The summed E-state index contributed by atoms with van der Waals surface area (Å²) in [5.74, 6) is 1.71. The van der Waals surface area contributed by atoms with Crippen LogP contribution in [0.5, 0.6) is 0 Å². The maximum Gasteiger partial charge on any atom is 0.0786 e. The SMILES string of the molecule is CC1CCC(CC2(O)CCNC2)CC1. The van der Waals surface area contributed by atoms with E-state index in [2.05, 4.69) is 12.2 Å². The van der Waals surface area contributed by atoms with Crippen molar-refractivity contribution in [2.45, 2.75) is 51.0 Å². The van der Waals surface area contributed by atoms with Crippen LogP contribution in [0.15, 0.2) is 0 Å². The molecule has 82 valence electrons. The zero-order valence-electron chi connectivity index (χ0n) is 9.26. The lowest BCUT2D eigenvalue weighted by atomic mass is 9.77. The largest absolute Gasteiger partial charge is 0.389 e. The molecule has 2 nitrogen and oxygen atoms in total. The molecule has 2 fully saturated rings. The Labute approximate surface area is 87.1 Å². The molecule has 0 spiro atoms. The maximum absolute atomic E-state index is 10.2. The molecule has 2 N–H and O–H groups in total. The fourth-order valence-corrected chi connectivity index (χ4v) is 2.98. The summed E-state index contributed by atoms with van der Waals surface area (Å²) >= 11 is 0. The summed E-state index contributed by atoms with van der Waals surface area (Å²) in [5.41, 5.74) is -0.370. The highest BCUT2D eigenvalue weighted by atomic mass is 16.3. The van der Waals surface area contributed by atoms with Gasteiger partial charge in [-0.25, -0.2) is 0 Å². The van der Waals surface area contributed by atoms with Crippen molar-refractivity contribution in [2.75, 3.05) is 13.1 Å². The summed E-state index contributed by atoms with van der Waals surface area (Å²) in [6, 6.07) is 0. The van der Waals surface area contributed by atoms with Crippen molar-refractivity contribution in [3.63, 3.8) is 0 Å². The van der Waals surface area contributed by atoms with Crippen LogP contribution in [-0.4, -0.2) is 23.8 Å². The van der Waals surface area contributed by atoms with E-state index in [0.717, 1.165) is 37.8 Å². The molecule has 1 aliphatic heterocycles. The van der Waals surface area contributed by atoms with Gasteiger partial charge in [-0.1, -0.05) is 32.6 Å². The van der Waals surface area contributed by atoms with Gasteiger partial charge in [-0.15, -0.1) is 0 Å². The van der Waals surface area contributed by atoms with Crippen LogP contribution in [0.3, 0.4) is 0 Å². The van der Waals surface area contributed by atoms with Crippen molar-refractivity contribution >= 4 is 0 Å². The minimum Gasteiger partial charge on any atom is -0.389 e. The molecule has 1 atom stereocenters. The topological polar surface area (TPSA) is 32.3 Å². The van der Waals surface area contributed by atoms with Gasteiger partial charge < -0.3 is 10.4 Å². The molecule has 0 aromatic rings. The first-order valence-electron chi connectivity index (χ1n) is 6.11. The first kappa shape index (κ1) is 10.4. The van der Waals surface area contributed by atoms with Gasteiger partial charge in [-0.2, -0.15) is 0 Å². The number of nitrogens with one attached hydrogen (secondary N) is 1. The van der Waals surface area contributed by atoms with Crippen molar-refractivity contribution in [2.24, 2.45) is 11.8 Å². The lowest BCUT2D eigenvalue weighted by Crippen LogP contribution is -2.34. The molecule has 1 saturated carbocycles. The molecule has 0 amide bonds. The summed E-state index contributed by atoms with van der Waals surface area (Å²) in [4.78, 5) is 0. The second-order valence-electron chi connectivity index (χ2n) is 5.48. The summed E-state index contributed by atoms with van der Waals surface area (Å²) in [5, 5.41) is 13.5. The van der Waals surface area contributed by atoms with E-state index in [-0.39, 0.29) is 5.60 Å². The molecular formula is C12H23NO. The van der Waals surface area contributed by atoms with Crippen molar-refractivity contribution < 1.29 is 5.11 Å². The summed E-state index contributed by atoms with van der Waals surface area (Å²) in [6.45, 7) is 4.17. The summed E-state index contributed by atoms with van der Waals surface area (Å²) < 4.78 is 0. The van der Waals surface area contributed by atoms with Crippen molar-refractivity contribution in [1.29, 1.82) is 0 Å². The van der Waals surface area contributed by atoms with Gasteiger partial charge in [0.05, 0.1) is 5.60 Å². The van der Waals surface area contributed by atoms with Crippen LogP contribution < -0.4 is 5.32 Å². The van der Waals surface area contributed by atoms with Crippen LogP contribution in [-0.2, 0) is 0 Å². The van der Waals surface area contributed by atoms with Crippen molar-refractivity contribution in [1.82, 2.24) is 5.32 Å². The lowest BCUT2D eigenvalue weighted by Gasteiger charge is -2.32. The third-order valence-corrected chi connectivity index (χ3v) is 4.03. The minimum absolute atomic E-state index is 0.370. The Kier molecular flexibility index (Phi) is 3.13. The van der Waals surface area contributed by atoms with E-state index in [1.54, 1.807) is 0 Å². The molecule has 2 heteroatoms. The van der Waals surface area contributed by atoms with E-state index < -0.39 is 0 Å². The predicted molar refractivity (Wildman–Crippen MR) is 58.2 cm³/mol. The van der Waals surface area contributed by atoms with Crippen LogP contribution in [0, 0.1) is 11.8 Å². The normalized spacial score (nSPS) is 44.1. The zero-order valence-corrected chi connectivity index (χ0v) is 9.26. The number of aliphatic hydroxyl groups is 1. The molecule has 0 radical (unpaired) electrons. The lowest BCUT2D eigenvalue weighted by molar-refractivity contribution is 0.0265. The quantitative estimate of drug-likeness (QED) is 0.709. The van der Waals surface area contributed by atoms with E-state index in [4.69, 9.17) is 0 Å². The monoisotopic (exact) mass is 197 g/mol. The molecule has 0 aromatic carbocycles. The fraction of sp³-hybridized carbons (Fsp3) is 1.00. The van der Waals surface area contributed by atoms with Crippen molar-refractivity contribution in [3.05, 3.63) is 0 Å². The Morgan fingerprint density at radius 2 is 2.00 bits per heavy atom. The predicted octanol–water partition coefficient (Wildman–Crippen LogP) is 1.93. The highest BCUT2D eigenvalue weighted by Crippen LogP contribution is 2.35. The average molecular weight is 197 g/mol. The van der Waals surface area contributed by atoms with E-state index >= 15 is 0 Å². The van der Waals surface area contributed by atoms with Crippen molar-refractivity contribution in [3.8, 4) is 0 Å². The zero-order chi connectivity index (χ0) is 10.0. The van der Waals surface area contributed by atoms with Gasteiger partial charge in [0.25, 0.3) is 0 Å². The molecular weight excluding hydrogens is 174 g/mol. The molecule has 2 rings (SSSR count). The Balaban J connectivity index is 1.79. The molecule has 0 bridgehead atoms. The van der Waals surface area contributed by atoms with Gasteiger partial charge in [-0.3, -0.25) is 0 Å². The number of rotatable bonds is 2. The third kappa shape index (κ3) is 2.48. The Bertz CT molecular complexity index is 179. The third-order valence-electron chi connectivity index (χ3n) is 4.03. The van der Waals surface area contributed by atoms with Gasteiger partial charge in [0.1, 0.15) is 0 Å². The van der Waals surface area contributed by atoms with Crippen LogP contribution in [0.1, 0.15) is 45.4 Å².